The van der Waals surface area contributed by atoms with Gasteiger partial charge in [-0.05, 0) is 42.3 Å². The second-order valence-electron chi connectivity index (χ2n) is 5.29. The van der Waals surface area contributed by atoms with Gasteiger partial charge in [0.25, 0.3) is 0 Å². The van der Waals surface area contributed by atoms with Gasteiger partial charge in [0.1, 0.15) is 0 Å². The van der Waals surface area contributed by atoms with Crippen LogP contribution >= 0.6 is 11.6 Å². The van der Waals surface area contributed by atoms with Crippen LogP contribution in [0, 0.1) is 11.3 Å². The van der Waals surface area contributed by atoms with Crippen LogP contribution in [0.1, 0.15) is 11.1 Å². The van der Waals surface area contributed by atoms with Crippen molar-refractivity contribution < 1.29 is 0 Å². The van der Waals surface area contributed by atoms with Gasteiger partial charge < -0.3 is 10.6 Å². The molecule has 0 fully saturated rings. The monoisotopic (exact) mass is 350 g/mol. The predicted octanol–water partition coefficient (Wildman–Crippen LogP) is 3.79. The zero-order valence-electron chi connectivity index (χ0n) is 13.3. The average Bonchev–Trinajstić information content (AvgIpc) is 2.62. The molecule has 124 valence electrons. The predicted molar refractivity (Wildman–Crippen MR) is 97.9 cm³/mol. The Hall–Kier alpha value is -3.17. The Morgan fingerprint density at radius 3 is 2.84 bits per heavy atom. The number of hydrogen-bond donors (Lipinski definition) is 2. The van der Waals surface area contributed by atoms with E-state index in [2.05, 4.69) is 31.9 Å². The molecule has 0 amide bonds. The summed E-state index contributed by atoms with van der Waals surface area (Å²) in [6.45, 7) is 0.697. The Kier molecular flexibility index (Phi) is 5.39. The lowest BCUT2D eigenvalue weighted by atomic mass is 10.1. The first-order valence-corrected chi connectivity index (χ1v) is 8.06. The Morgan fingerprint density at radius 1 is 1.12 bits per heavy atom. The van der Waals surface area contributed by atoms with Gasteiger partial charge >= 0.3 is 0 Å². The molecule has 1 heterocycles. The quantitative estimate of drug-likeness (QED) is 0.703. The fourth-order valence-electron chi connectivity index (χ4n) is 2.26. The van der Waals surface area contributed by atoms with E-state index in [0.29, 0.717) is 23.9 Å². The molecule has 2 N–H and O–H groups in total. The lowest BCUT2D eigenvalue weighted by Gasteiger charge is -2.08. The van der Waals surface area contributed by atoms with Crippen LogP contribution in [0.25, 0.3) is 0 Å². The molecular weight excluding hydrogens is 336 g/mol. The summed E-state index contributed by atoms with van der Waals surface area (Å²) >= 11 is 5.98. The Labute approximate surface area is 150 Å². The molecule has 1 aromatic heterocycles. The zero-order valence-corrected chi connectivity index (χ0v) is 14.0. The van der Waals surface area contributed by atoms with Crippen molar-refractivity contribution in [3.05, 3.63) is 70.9 Å². The second-order valence-corrected chi connectivity index (χ2v) is 5.73. The highest BCUT2D eigenvalue weighted by Gasteiger charge is 2.02. The topological polar surface area (TPSA) is 86.5 Å². The van der Waals surface area contributed by atoms with E-state index in [1.54, 1.807) is 24.4 Å². The van der Waals surface area contributed by atoms with E-state index in [1.165, 1.54) is 0 Å². The summed E-state index contributed by atoms with van der Waals surface area (Å²) in [5.41, 5.74) is 2.44. The maximum atomic E-state index is 8.94. The smallest absolute Gasteiger partial charge is 0.249 e. The molecule has 0 aliphatic heterocycles. The van der Waals surface area contributed by atoms with E-state index >= 15 is 0 Å². The maximum absolute atomic E-state index is 8.94. The Balaban J connectivity index is 1.60. The number of nitrogens with one attached hydrogen (secondary N) is 2. The van der Waals surface area contributed by atoms with Gasteiger partial charge in [-0.15, -0.1) is 5.10 Å². The Bertz CT molecular complexity index is 906. The lowest BCUT2D eigenvalue weighted by Crippen LogP contribution is -2.08. The van der Waals surface area contributed by atoms with Crippen molar-refractivity contribution in [2.45, 2.75) is 6.42 Å². The largest absolute Gasteiger partial charge is 0.368 e. The van der Waals surface area contributed by atoms with Crippen LogP contribution in [0.2, 0.25) is 5.02 Å². The first kappa shape index (κ1) is 16.7. The van der Waals surface area contributed by atoms with Crippen LogP contribution in [-0.4, -0.2) is 21.7 Å². The number of nitriles is 1. The molecule has 0 aliphatic carbocycles. The number of benzene rings is 2. The van der Waals surface area contributed by atoms with Gasteiger partial charge in [0.2, 0.25) is 5.95 Å². The molecule has 3 rings (SSSR count). The number of nitrogens with zero attached hydrogens (tertiary/aromatic N) is 4. The zero-order chi connectivity index (χ0) is 17.5. The second kappa shape index (κ2) is 8.08. The van der Waals surface area contributed by atoms with E-state index in [-0.39, 0.29) is 0 Å². The standard InChI is InChI=1S/C18H15ClN6/c19-15-5-1-3-13(9-15)7-8-21-17-12-22-25-18(24-17)23-16-6-2-4-14(10-16)11-20/h1-6,9-10,12H,7-8H2,(H2,21,23,24,25). The van der Waals surface area contributed by atoms with Crippen molar-refractivity contribution in [3.8, 4) is 6.07 Å². The molecule has 0 bridgehead atoms. The van der Waals surface area contributed by atoms with Crippen molar-refractivity contribution in [1.29, 1.82) is 5.26 Å². The third-order valence-electron chi connectivity index (χ3n) is 3.42. The van der Waals surface area contributed by atoms with Gasteiger partial charge in [0, 0.05) is 17.3 Å². The average molecular weight is 351 g/mol. The summed E-state index contributed by atoms with van der Waals surface area (Å²) in [6, 6.07) is 16.9. The Morgan fingerprint density at radius 2 is 2.00 bits per heavy atom. The van der Waals surface area contributed by atoms with E-state index in [0.717, 1.165) is 22.7 Å². The summed E-state index contributed by atoms with van der Waals surface area (Å²) in [6.07, 6.45) is 2.38. The van der Waals surface area contributed by atoms with Crippen LogP contribution in [0.5, 0.6) is 0 Å². The van der Waals surface area contributed by atoms with Crippen LogP contribution in [0.4, 0.5) is 17.5 Å². The molecular formula is C18H15ClN6. The van der Waals surface area contributed by atoms with Gasteiger partial charge in [0.15, 0.2) is 5.82 Å². The minimum absolute atomic E-state index is 0.364. The molecule has 0 radical (unpaired) electrons. The van der Waals surface area contributed by atoms with Gasteiger partial charge in [-0.3, -0.25) is 0 Å². The summed E-state index contributed by atoms with van der Waals surface area (Å²) in [5, 5.41) is 23.8. The molecule has 0 saturated carbocycles. The summed E-state index contributed by atoms with van der Waals surface area (Å²) in [5.74, 6) is 0.985. The highest BCUT2D eigenvalue weighted by atomic mass is 35.5. The highest BCUT2D eigenvalue weighted by molar-refractivity contribution is 6.30. The van der Waals surface area contributed by atoms with Crippen LogP contribution in [-0.2, 0) is 6.42 Å². The van der Waals surface area contributed by atoms with Crippen molar-refractivity contribution in [1.82, 2.24) is 15.2 Å². The third kappa shape index (κ3) is 4.90. The molecule has 6 nitrogen and oxygen atoms in total. The van der Waals surface area contributed by atoms with Crippen LogP contribution < -0.4 is 10.6 Å². The SMILES string of the molecule is N#Cc1cccc(Nc2nncc(NCCc3cccc(Cl)c3)n2)c1. The highest BCUT2D eigenvalue weighted by Crippen LogP contribution is 2.15. The number of rotatable bonds is 6. The molecule has 0 unspecified atom stereocenters. The van der Waals surface area contributed by atoms with Crippen molar-refractivity contribution >= 4 is 29.1 Å². The molecule has 25 heavy (non-hydrogen) atoms. The summed E-state index contributed by atoms with van der Waals surface area (Å²) in [4.78, 5) is 4.37. The molecule has 0 atom stereocenters. The normalized spacial score (nSPS) is 10.1. The van der Waals surface area contributed by atoms with E-state index in [4.69, 9.17) is 16.9 Å². The van der Waals surface area contributed by atoms with Crippen molar-refractivity contribution in [2.75, 3.05) is 17.2 Å². The number of halogens is 1. The summed E-state index contributed by atoms with van der Waals surface area (Å²) < 4.78 is 0. The third-order valence-corrected chi connectivity index (χ3v) is 3.65. The van der Waals surface area contributed by atoms with Gasteiger partial charge in [-0.1, -0.05) is 29.8 Å². The minimum atomic E-state index is 0.364. The van der Waals surface area contributed by atoms with Gasteiger partial charge in [-0.2, -0.15) is 15.3 Å². The first-order chi connectivity index (χ1) is 12.2. The van der Waals surface area contributed by atoms with Crippen molar-refractivity contribution in [3.63, 3.8) is 0 Å². The van der Waals surface area contributed by atoms with E-state index in [9.17, 15) is 0 Å². The van der Waals surface area contributed by atoms with Gasteiger partial charge in [0.05, 0.1) is 17.8 Å². The number of hydrogen-bond acceptors (Lipinski definition) is 6. The van der Waals surface area contributed by atoms with Crippen molar-refractivity contribution in [2.24, 2.45) is 0 Å². The first-order valence-electron chi connectivity index (χ1n) is 7.68. The van der Waals surface area contributed by atoms with Crippen LogP contribution in [0.15, 0.2) is 54.7 Å². The van der Waals surface area contributed by atoms with E-state index in [1.807, 2.05) is 30.3 Å². The number of anilines is 3. The molecule has 7 heteroatoms. The summed E-state index contributed by atoms with van der Waals surface area (Å²) in [7, 11) is 0. The molecule has 0 spiro atoms. The molecule has 3 aromatic rings. The van der Waals surface area contributed by atoms with Gasteiger partial charge in [-0.25, -0.2) is 0 Å². The fourth-order valence-corrected chi connectivity index (χ4v) is 2.48. The molecule has 0 saturated heterocycles. The maximum Gasteiger partial charge on any atom is 0.249 e. The minimum Gasteiger partial charge on any atom is -0.368 e. The van der Waals surface area contributed by atoms with E-state index < -0.39 is 0 Å². The molecule has 2 aromatic carbocycles. The lowest BCUT2D eigenvalue weighted by molar-refractivity contribution is 0.950. The molecule has 0 aliphatic rings. The fraction of sp³-hybridized carbons (Fsp3) is 0.111. The number of aromatic nitrogens is 3. The van der Waals surface area contributed by atoms with Crippen LogP contribution in [0.3, 0.4) is 0 Å².